The summed E-state index contributed by atoms with van der Waals surface area (Å²) in [6.07, 6.45) is 0. The van der Waals surface area contributed by atoms with Crippen LogP contribution in [0.15, 0.2) is 36.4 Å². The summed E-state index contributed by atoms with van der Waals surface area (Å²) in [7, 11) is 0. The number of carbonyl (C=O) groups is 2. The van der Waals surface area contributed by atoms with Crippen molar-refractivity contribution in [3.05, 3.63) is 58.7 Å². The molecule has 6 heteroatoms. The van der Waals surface area contributed by atoms with Gasteiger partial charge in [0.05, 0.1) is 6.54 Å². The molecule has 0 aromatic heterocycles. The number of phenolic OH excluding ortho intramolecular Hbond substituents is 1. The first kappa shape index (κ1) is 19.3. The van der Waals surface area contributed by atoms with Crippen LogP contribution in [0.25, 0.3) is 0 Å². The van der Waals surface area contributed by atoms with E-state index in [1.165, 1.54) is 12.1 Å². The molecule has 0 aliphatic rings. The Hall–Kier alpha value is -3.02. The van der Waals surface area contributed by atoms with Gasteiger partial charge in [0.1, 0.15) is 23.7 Å². The van der Waals surface area contributed by atoms with Gasteiger partial charge in [-0.15, -0.1) is 0 Å². The average Bonchev–Trinajstić information content (AvgIpc) is 2.58. The van der Waals surface area contributed by atoms with Crippen molar-refractivity contribution in [2.75, 3.05) is 19.8 Å². The SMILES string of the molecule is Cc1ccc(OCCNC(=O)COC(=O)c2ccc(C)cc2O)c(C)c1. The number of amides is 1. The number of aromatic hydroxyl groups is 1. The van der Waals surface area contributed by atoms with Gasteiger partial charge in [-0.05, 0) is 50.1 Å². The summed E-state index contributed by atoms with van der Waals surface area (Å²) in [5.41, 5.74) is 3.04. The Morgan fingerprint density at radius 1 is 1.04 bits per heavy atom. The highest BCUT2D eigenvalue weighted by molar-refractivity contribution is 5.93. The summed E-state index contributed by atoms with van der Waals surface area (Å²) >= 11 is 0. The molecule has 0 saturated heterocycles. The minimum Gasteiger partial charge on any atom is -0.507 e. The Labute approximate surface area is 152 Å². The van der Waals surface area contributed by atoms with Crippen molar-refractivity contribution in [3.8, 4) is 11.5 Å². The van der Waals surface area contributed by atoms with E-state index in [4.69, 9.17) is 9.47 Å². The van der Waals surface area contributed by atoms with Crippen LogP contribution in [-0.4, -0.2) is 36.7 Å². The number of hydrogen-bond donors (Lipinski definition) is 2. The Kier molecular flexibility index (Phi) is 6.60. The number of esters is 1. The third-order valence-electron chi connectivity index (χ3n) is 3.72. The third kappa shape index (κ3) is 5.51. The summed E-state index contributed by atoms with van der Waals surface area (Å²) in [6.45, 7) is 5.94. The predicted molar refractivity (Wildman–Crippen MR) is 97.5 cm³/mol. The molecule has 0 saturated carbocycles. The highest BCUT2D eigenvalue weighted by atomic mass is 16.5. The molecule has 0 aliphatic carbocycles. The van der Waals surface area contributed by atoms with Crippen molar-refractivity contribution in [2.45, 2.75) is 20.8 Å². The molecule has 1 amide bonds. The van der Waals surface area contributed by atoms with Crippen molar-refractivity contribution >= 4 is 11.9 Å². The number of benzene rings is 2. The molecule has 0 radical (unpaired) electrons. The van der Waals surface area contributed by atoms with Gasteiger partial charge in [0.2, 0.25) is 0 Å². The first-order valence-corrected chi connectivity index (χ1v) is 8.30. The van der Waals surface area contributed by atoms with Gasteiger partial charge >= 0.3 is 5.97 Å². The van der Waals surface area contributed by atoms with Crippen molar-refractivity contribution in [2.24, 2.45) is 0 Å². The number of nitrogens with one attached hydrogen (secondary N) is 1. The summed E-state index contributed by atoms with van der Waals surface area (Å²) in [5, 5.41) is 12.3. The topological polar surface area (TPSA) is 84.9 Å². The van der Waals surface area contributed by atoms with Crippen LogP contribution in [0.1, 0.15) is 27.0 Å². The standard InChI is InChI=1S/C20H23NO5/c1-13-5-7-18(15(3)10-13)25-9-8-21-19(23)12-26-20(24)16-6-4-14(2)11-17(16)22/h4-7,10-11,22H,8-9,12H2,1-3H3,(H,21,23). The highest BCUT2D eigenvalue weighted by Crippen LogP contribution is 2.19. The second-order valence-corrected chi connectivity index (χ2v) is 6.06. The van der Waals surface area contributed by atoms with E-state index in [2.05, 4.69) is 5.32 Å². The van der Waals surface area contributed by atoms with Gasteiger partial charge in [0.25, 0.3) is 5.91 Å². The number of hydrogen-bond acceptors (Lipinski definition) is 5. The molecule has 138 valence electrons. The fraction of sp³-hybridized carbons (Fsp3) is 0.300. The van der Waals surface area contributed by atoms with Gasteiger partial charge in [-0.3, -0.25) is 4.79 Å². The van der Waals surface area contributed by atoms with Crippen LogP contribution in [-0.2, 0) is 9.53 Å². The van der Waals surface area contributed by atoms with E-state index in [0.29, 0.717) is 13.2 Å². The molecule has 0 atom stereocenters. The third-order valence-corrected chi connectivity index (χ3v) is 3.72. The minimum atomic E-state index is -0.746. The smallest absolute Gasteiger partial charge is 0.342 e. The zero-order chi connectivity index (χ0) is 19.1. The number of ether oxygens (including phenoxy) is 2. The van der Waals surface area contributed by atoms with Crippen LogP contribution in [0.5, 0.6) is 11.5 Å². The largest absolute Gasteiger partial charge is 0.507 e. The van der Waals surface area contributed by atoms with E-state index in [1.807, 2.05) is 32.0 Å². The van der Waals surface area contributed by atoms with Crippen molar-refractivity contribution < 1.29 is 24.2 Å². The Balaban J connectivity index is 1.71. The van der Waals surface area contributed by atoms with Crippen LogP contribution >= 0.6 is 0 Å². The van der Waals surface area contributed by atoms with E-state index >= 15 is 0 Å². The summed E-state index contributed by atoms with van der Waals surface area (Å²) in [5.74, 6) is -0.582. The molecule has 26 heavy (non-hydrogen) atoms. The number of rotatable bonds is 7. The van der Waals surface area contributed by atoms with Crippen molar-refractivity contribution in [1.29, 1.82) is 0 Å². The second kappa shape index (κ2) is 8.89. The van der Waals surface area contributed by atoms with Gasteiger partial charge in [-0.1, -0.05) is 23.8 Å². The highest BCUT2D eigenvalue weighted by Gasteiger charge is 2.14. The lowest BCUT2D eigenvalue weighted by molar-refractivity contribution is -0.124. The maximum atomic E-state index is 11.9. The zero-order valence-electron chi connectivity index (χ0n) is 15.2. The molecule has 0 heterocycles. The Morgan fingerprint density at radius 2 is 1.73 bits per heavy atom. The maximum Gasteiger partial charge on any atom is 0.342 e. The monoisotopic (exact) mass is 357 g/mol. The summed E-state index contributed by atoms with van der Waals surface area (Å²) < 4.78 is 10.5. The van der Waals surface area contributed by atoms with E-state index in [-0.39, 0.29) is 11.3 Å². The van der Waals surface area contributed by atoms with Crippen LogP contribution < -0.4 is 10.1 Å². The summed E-state index contributed by atoms with van der Waals surface area (Å²) in [6, 6.07) is 10.5. The zero-order valence-corrected chi connectivity index (χ0v) is 15.2. The molecule has 2 aromatic rings. The second-order valence-electron chi connectivity index (χ2n) is 6.06. The van der Waals surface area contributed by atoms with Gasteiger partial charge in [0, 0.05) is 0 Å². The fourth-order valence-electron chi connectivity index (χ4n) is 2.39. The number of phenols is 1. The van der Waals surface area contributed by atoms with Crippen molar-refractivity contribution in [3.63, 3.8) is 0 Å². The lowest BCUT2D eigenvalue weighted by Gasteiger charge is -2.11. The quantitative estimate of drug-likeness (QED) is 0.588. The van der Waals surface area contributed by atoms with Gasteiger partial charge < -0.3 is 19.9 Å². The van der Waals surface area contributed by atoms with Crippen molar-refractivity contribution in [1.82, 2.24) is 5.32 Å². The Morgan fingerprint density at radius 3 is 2.42 bits per heavy atom. The molecule has 6 nitrogen and oxygen atoms in total. The van der Waals surface area contributed by atoms with Gasteiger partial charge in [0.15, 0.2) is 6.61 Å². The van der Waals surface area contributed by atoms with E-state index in [0.717, 1.165) is 22.4 Å². The first-order chi connectivity index (χ1) is 12.4. The van der Waals surface area contributed by atoms with Crippen LogP contribution in [0, 0.1) is 20.8 Å². The normalized spacial score (nSPS) is 10.3. The lowest BCUT2D eigenvalue weighted by atomic mass is 10.1. The molecular formula is C20H23NO5. The molecule has 0 unspecified atom stereocenters. The molecule has 2 rings (SSSR count). The van der Waals surface area contributed by atoms with E-state index in [1.54, 1.807) is 13.0 Å². The molecule has 0 bridgehead atoms. The molecule has 0 aliphatic heterocycles. The fourth-order valence-corrected chi connectivity index (χ4v) is 2.39. The molecule has 2 N–H and O–H groups in total. The number of carbonyl (C=O) groups excluding carboxylic acids is 2. The van der Waals surface area contributed by atoms with Gasteiger partial charge in [-0.25, -0.2) is 4.79 Å². The summed E-state index contributed by atoms with van der Waals surface area (Å²) in [4.78, 5) is 23.6. The molecular weight excluding hydrogens is 334 g/mol. The van der Waals surface area contributed by atoms with Crippen LogP contribution in [0.3, 0.4) is 0 Å². The maximum absolute atomic E-state index is 11.9. The Bertz CT molecular complexity index is 801. The first-order valence-electron chi connectivity index (χ1n) is 8.30. The molecule has 0 spiro atoms. The van der Waals surface area contributed by atoms with Crippen LogP contribution in [0.2, 0.25) is 0 Å². The average molecular weight is 357 g/mol. The van der Waals surface area contributed by atoms with E-state index in [9.17, 15) is 14.7 Å². The van der Waals surface area contributed by atoms with Crippen LogP contribution in [0.4, 0.5) is 0 Å². The van der Waals surface area contributed by atoms with E-state index < -0.39 is 18.5 Å². The number of aryl methyl sites for hydroxylation is 3. The lowest BCUT2D eigenvalue weighted by Crippen LogP contribution is -2.32. The molecule has 0 fully saturated rings. The predicted octanol–water partition coefficient (Wildman–Crippen LogP) is 2.67. The molecule has 2 aromatic carbocycles. The van der Waals surface area contributed by atoms with Gasteiger partial charge in [-0.2, -0.15) is 0 Å². The minimum absolute atomic E-state index is 0.0292.